The number of ether oxygens (including phenoxy) is 2. The number of hydrogen-bond donors (Lipinski definition) is 0. The van der Waals surface area contributed by atoms with E-state index in [-0.39, 0.29) is 43.7 Å². The van der Waals surface area contributed by atoms with Crippen molar-refractivity contribution in [1.29, 1.82) is 0 Å². The maximum absolute atomic E-state index is 14.8. The van der Waals surface area contributed by atoms with E-state index >= 15 is 0 Å². The van der Waals surface area contributed by atoms with Gasteiger partial charge in [0.2, 0.25) is 5.79 Å². The Kier molecular flexibility index (Phi) is 13.7. The van der Waals surface area contributed by atoms with Gasteiger partial charge in [-0.1, -0.05) is 0 Å². The lowest BCUT2D eigenvalue weighted by Gasteiger charge is -2.36. The zero-order valence-electron chi connectivity index (χ0n) is 33.2. The van der Waals surface area contributed by atoms with Crippen LogP contribution in [0.25, 0.3) is 0 Å². The summed E-state index contributed by atoms with van der Waals surface area (Å²) in [5.74, 6) is -3.15. The lowest BCUT2D eigenvalue weighted by Crippen LogP contribution is -3.00. The molecular formula is C48H39Cl2F6NO2P2. The third kappa shape index (κ3) is 8.96. The SMILES string of the molecule is Cc1nc(C[P+](c2ccc(F)cc2)(c2ccc(F)cc2)c2ccc(F)cc2)c(C[P+](c2ccc(F)cc2)(c2ccc(F)cc2)c2ccc(F)cc2)c2c1OC(C)(C)OC2.[Cl-].[Cl-]. The molecule has 1 aliphatic heterocycles. The number of nitrogens with zero attached hydrogens (tertiary/aromatic N) is 1. The van der Waals surface area contributed by atoms with Gasteiger partial charge in [-0.3, -0.25) is 0 Å². The van der Waals surface area contributed by atoms with Crippen LogP contribution < -0.4 is 61.4 Å². The highest BCUT2D eigenvalue weighted by Gasteiger charge is 2.51. The Hall–Kier alpha value is -4.75. The molecule has 0 atom stereocenters. The number of hydrogen-bond acceptors (Lipinski definition) is 3. The third-order valence-corrected chi connectivity index (χ3v) is 19.6. The highest BCUT2D eigenvalue weighted by atomic mass is 35.5. The molecule has 314 valence electrons. The monoisotopic (exact) mass is 907 g/mol. The molecule has 0 bridgehead atoms. The van der Waals surface area contributed by atoms with Gasteiger partial charge in [-0.2, -0.15) is 0 Å². The quantitative estimate of drug-likeness (QED) is 0.155. The van der Waals surface area contributed by atoms with Gasteiger partial charge in [-0.05, 0) is 153 Å². The van der Waals surface area contributed by atoms with E-state index in [1.165, 1.54) is 72.8 Å². The van der Waals surface area contributed by atoms with Crippen LogP contribution in [0.4, 0.5) is 26.3 Å². The third-order valence-electron chi connectivity index (χ3n) is 10.9. The Balaban J connectivity index is 0.00000311. The number of pyridine rings is 1. The van der Waals surface area contributed by atoms with Gasteiger partial charge >= 0.3 is 0 Å². The second-order valence-corrected chi connectivity index (χ2v) is 22.0. The molecule has 7 aromatic rings. The minimum absolute atomic E-state index is 0. The fourth-order valence-corrected chi connectivity index (χ4v) is 16.4. The van der Waals surface area contributed by atoms with Crippen molar-refractivity contribution in [3.63, 3.8) is 0 Å². The second kappa shape index (κ2) is 18.3. The molecule has 13 heteroatoms. The number of halogens is 8. The fourth-order valence-electron chi connectivity index (χ4n) is 8.05. The van der Waals surface area contributed by atoms with Crippen LogP contribution in [0.5, 0.6) is 5.75 Å². The van der Waals surface area contributed by atoms with Crippen molar-refractivity contribution in [2.45, 2.75) is 45.5 Å². The van der Waals surface area contributed by atoms with E-state index in [0.29, 0.717) is 17.1 Å². The van der Waals surface area contributed by atoms with Crippen LogP contribution in [0.15, 0.2) is 146 Å². The molecular weight excluding hydrogens is 869 g/mol. The summed E-state index contributed by atoms with van der Waals surface area (Å²) in [4.78, 5) is 5.34. The van der Waals surface area contributed by atoms with E-state index in [1.807, 2.05) is 20.8 Å². The van der Waals surface area contributed by atoms with Crippen molar-refractivity contribution in [2.75, 3.05) is 0 Å². The molecule has 0 radical (unpaired) electrons. The first-order chi connectivity index (χ1) is 28.3. The van der Waals surface area contributed by atoms with Crippen LogP contribution >= 0.6 is 14.5 Å². The number of fused-ring (bicyclic) bond motifs is 1. The first-order valence-corrected chi connectivity index (χ1v) is 22.9. The summed E-state index contributed by atoms with van der Waals surface area (Å²) in [7, 11) is -6.07. The van der Waals surface area contributed by atoms with Crippen LogP contribution in [0, 0.1) is 41.8 Å². The average molecular weight is 909 g/mol. The van der Waals surface area contributed by atoms with Gasteiger partial charge < -0.3 is 34.3 Å². The molecule has 0 aliphatic carbocycles. The smallest absolute Gasteiger partial charge is 0.205 e. The standard InChI is InChI=1S/C48H39F6NO2P2.2ClH/c1-31-47-44(28-56-48(2,3)57-47)45(29-58(38-16-4-32(49)5-17-38,39-18-6-33(50)7-19-39)40-20-8-34(51)9-21-40)46(55-31)30-59(41-22-10-35(52)11-23-41,42-24-12-36(53)13-25-42)43-26-14-37(54)15-27-43;;/h4-27H,28-30H2,1-3H3;2*1H/q+2;;/p-2. The van der Waals surface area contributed by atoms with E-state index < -0.39 is 55.2 Å². The highest BCUT2D eigenvalue weighted by molar-refractivity contribution is 7.95. The highest BCUT2D eigenvalue weighted by Crippen LogP contribution is 2.63. The lowest BCUT2D eigenvalue weighted by molar-refractivity contribution is -0.180. The zero-order chi connectivity index (χ0) is 41.5. The lowest BCUT2D eigenvalue weighted by atomic mass is 10.0. The average Bonchev–Trinajstić information content (AvgIpc) is 3.22. The summed E-state index contributed by atoms with van der Waals surface area (Å²) in [5, 5.41) is 4.45. The molecule has 0 unspecified atom stereocenters. The van der Waals surface area contributed by atoms with Gasteiger partial charge in [0.1, 0.15) is 99.3 Å². The van der Waals surface area contributed by atoms with Crippen molar-refractivity contribution < 1.29 is 60.6 Å². The van der Waals surface area contributed by atoms with E-state index in [2.05, 4.69) is 0 Å². The largest absolute Gasteiger partial charge is 1.00 e. The van der Waals surface area contributed by atoms with E-state index in [4.69, 9.17) is 14.5 Å². The Morgan fingerprint density at radius 3 is 1.05 bits per heavy atom. The van der Waals surface area contributed by atoms with Crippen molar-refractivity contribution >= 4 is 46.4 Å². The molecule has 0 fully saturated rings. The van der Waals surface area contributed by atoms with Crippen molar-refractivity contribution in [3.8, 4) is 5.75 Å². The van der Waals surface area contributed by atoms with Crippen molar-refractivity contribution in [1.82, 2.24) is 4.98 Å². The predicted octanol–water partition coefficient (Wildman–Crippen LogP) is 3.87. The number of aryl methyl sites for hydroxylation is 1. The minimum Gasteiger partial charge on any atom is -1.00 e. The van der Waals surface area contributed by atoms with Gasteiger partial charge in [-0.25, -0.2) is 31.3 Å². The second-order valence-electron chi connectivity index (χ2n) is 15.0. The summed E-state index contributed by atoms with van der Waals surface area (Å²) < 4.78 is 101. The Labute approximate surface area is 364 Å². The van der Waals surface area contributed by atoms with E-state index in [1.54, 1.807) is 72.8 Å². The number of rotatable bonds is 10. The van der Waals surface area contributed by atoms with Gasteiger partial charge in [0.25, 0.3) is 0 Å². The molecule has 0 saturated heterocycles. The molecule has 6 aromatic carbocycles. The Morgan fingerprint density at radius 2 is 0.754 bits per heavy atom. The molecule has 2 heterocycles. The topological polar surface area (TPSA) is 31.4 Å². The van der Waals surface area contributed by atoms with Crippen LogP contribution in [-0.2, 0) is 23.7 Å². The molecule has 61 heavy (non-hydrogen) atoms. The minimum atomic E-state index is -3.04. The number of benzene rings is 6. The van der Waals surface area contributed by atoms with Crippen LogP contribution in [0.2, 0.25) is 0 Å². The zero-order valence-corrected chi connectivity index (χ0v) is 36.5. The van der Waals surface area contributed by atoms with Gasteiger partial charge in [0.15, 0.2) is 0 Å². The van der Waals surface area contributed by atoms with Crippen LogP contribution in [-0.4, -0.2) is 10.8 Å². The van der Waals surface area contributed by atoms with E-state index in [9.17, 15) is 26.3 Å². The van der Waals surface area contributed by atoms with Gasteiger partial charge in [0.05, 0.1) is 18.0 Å². The Bertz CT molecular complexity index is 2390. The first-order valence-electron chi connectivity index (χ1n) is 18.9. The van der Waals surface area contributed by atoms with Crippen LogP contribution in [0.3, 0.4) is 0 Å². The summed E-state index contributed by atoms with van der Waals surface area (Å²) in [6.07, 6.45) is 0.434. The molecule has 0 amide bonds. The molecule has 1 aromatic heterocycles. The van der Waals surface area contributed by atoms with Gasteiger partial charge in [-0.15, -0.1) is 0 Å². The Morgan fingerprint density at radius 1 is 0.475 bits per heavy atom. The van der Waals surface area contributed by atoms with Crippen molar-refractivity contribution in [2.24, 2.45) is 0 Å². The molecule has 0 saturated carbocycles. The summed E-state index contributed by atoms with van der Waals surface area (Å²) in [6, 6.07) is 37.1. The molecule has 0 spiro atoms. The number of aromatic nitrogens is 1. The molecule has 8 rings (SSSR count). The maximum atomic E-state index is 14.8. The molecule has 3 nitrogen and oxygen atoms in total. The van der Waals surface area contributed by atoms with Crippen LogP contribution in [0.1, 0.15) is 36.4 Å². The normalized spacial score (nSPS) is 13.3. The fraction of sp³-hybridized carbons (Fsp3) is 0.146. The molecule has 1 aliphatic rings. The van der Waals surface area contributed by atoms with Crippen molar-refractivity contribution in [3.05, 3.63) is 203 Å². The maximum Gasteiger partial charge on any atom is 0.205 e. The summed E-state index contributed by atoms with van der Waals surface area (Å²) >= 11 is 0. The first kappa shape index (κ1) is 45.8. The molecule has 0 N–H and O–H groups in total. The van der Waals surface area contributed by atoms with Gasteiger partial charge in [0, 0.05) is 25.0 Å². The summed E-state index contributed by atoms with van der Waals surface area (Å²) in [5.41, 5.74) is 2.66. The summed E-state index contributed by atoms with van der Waals surface area (Å²) in [6.45, 7) is 5.59. The van der Waals surface area contributed by atoms with E-state index in [0.717, 1.165) is 43.0 Å². The predicted molar refractivity (Wildman–Crippen MR) is 226 cm³/mol.